The second-order valence-corrected chi connectivity index (χ2v) is 5.93. The molecule has 20 heavy (non-hydrogen) atoms. The maximum absolute atomic E-state index is 11.7. The van der Waals surface area contributed by atoms with Crippen LogP contribution in [0.4, 0.5) is 0 Å². The van der Waals surface area contributed by atoms with Gasteiger partial charge in [0.15, 0.2) is 0 Å². The molecule has 0 radical (unpaired) electrons. The molecular weight excluding hydrogens is 272 g/mol. The van der Waals surface area contributed by atoms with Crippen molar-refractivity contribution >= 4 is 17.7 Å². The summed E-state index contributed by atoms with van der Waals surface area (Å²) in [6, 6.07) is 2.10. The number of thioether (sulfide) groups is 1. The number of aromatic nitrogens is 2. The summed E-state index contributed by atoms with van der Waals surface area (Å²) in [6.07, 6.45) is 0.964. The van der Waals surface area contributed by atoms with Crippen LogP contribution in [0.15, 0.2) is 5.03 Å². The number of aryl methyl sites for hydroxylation is 2. The van der Waals surface area contributed by atoms with Crippen LogP contribution in [0.5, 0.6) is 0 Å². The first-order valence-corrected chi connectivity index (χ1v) is 7.57. The van der Waals surface area contributed by atoms with Gasteiger partial charge in [-0.1, -0.05) is 25.6 Å². The minimum absolute atomic E-state index is 0.0338. The van der Waals surface area contributed by atoms with Crippen LogP contribution in [0.25, 0.3) is 0 Å². The van der Waals surface area contributed by atoms with Gasteiger partial charge < -0.3 is 5.32 Å². The van der Waals surface area contributed by atoms with E-state index in [0.29, 0.717) is 34.6 Å². The molecular formula is C14H20N4OS. The Morgan fingerprint density at radius 3 is 2.70 bits per heavy atom. The Kier molecular flexibility index (Phi) is 6.46. The lowest BCUT2D eigenvalue weighted by molar-refractivity contribution is -0.118. The smallest absolute Gasteiger partial charge is 0.230 e. The number of nitrogens with one attached hydrogen (secondary N) is 1. The summed E-state index contributed by atoms with van der Waals surface area (Å²) >= 11 is 1.28. The molecule has 0 aliphatic carbocycles. The lowest BCUT2D eigenvalue weighted by Crippen LogP contribution is -2.27. The Balaban J connectivity index is 2.58. The topological polar surface area (TPSA) is 78.7 Å². The molecule has 1 rings (SSSR count). The number of rotatable bonds is 6. The molecule has 0 bridgehead atoms. The molecule has 1 aromatic heterocycles. The molecule has 0 aromatic carbocycles. The standard InChI is InChI=1S/C14H20N4OS/c1-9(2)5-6-16-13(19)8-20-14-12(7-15)10(3)17-11(4)18-14/h9H,5-6,8H2,1-4H3,(H,16,19). The maximum atomic E-state index is 11.7. The molecule has 0 spiro atoms. The molecule has 1 aromatic rings. The highest BCUT2D eigenvalue weighted by Crippen LogP contribution is 2.21. The summed E-state index contributed by atoms with van der Waals surface area (Å²) in [6.45, 7) is 8.48. The zero-order chi connectivity index (χ0) is 15.1. The van der Waals surface area contributed by atoms with Crippen LogP contribution in [0, 0.1) is 31.1 Å². The number of carbonyl (C=O) groups is 1. The molecule has 0 unspecified atom stereocenters. The fourth-order valence-electron chi connectivity index (χ4n) is 1.60. The normalized spacial score (nSPS) is 10.4. The SMILES string of the molecule is Cc1nc(C)c(C#N)c(SCC(=O)NCCC(C)C)n1. The van der Waals surface area contributed by atoms with Gasteiger partial charge in [0.2, 0.25) is 5.91 Å². The number of nitrogens with zero attached hydrogens (tertiary/aromatic N) is 3. The number of carbonyl (C=O) groups excluding carboxylic acids is 1. The molecule has 6 heteroatoms. The highest BCUT2D eigenvalue weighted by atomic mass is 32.2. The van der Waals surface area contributed by atoms with Crippen LogP contribution in [0.3, 0.4) is 0 Å². The van der Waals surface area contributed by atoms with Crippen LogP contribution >= 0.6 is 11.8 Å². The predicted octanol–water partition coefficient (Wildman–Crippen LogP) is 2.22. The second kappa shape index (κ2) is 7.85. The largest absolute Gasteiger partial charge is 0.355 e. The summed E-state index contributed by atoms with van der Waals surface area (Å²) in [5.41, 5.74) is 1.11. The molecule has 0 atom stereocenters. The van der Waals surface area contributed by atoms with Crippen LogP contribution in [-0.4, -0.2) is 28.2 Å². The average Bonchev–Trinajstić information content (AvgIpc) is 2.35. The lowest BCUT2D eigenvalue weighted by atomic mass is 10.1. The molecule has 1 N–H and O–H groups in total. The van der Waals surface area contributed by atoms with Crippen molar-refractivity contribution in [2.24, 2.45) is 5.92 Å². The Hall–Kier alpha value is -1.61. The highest BCUT2D eigenvalue weighted by molar-refractivity contribution is 8.00. The average molecular weight is 292 g/mol. The first-order valence-electron chi connectivity index (χ1n) is 6.59. The third-order valence-electron chi connectivity index (χ3n) is 2.66. The fourth-order valence-corrected chi connectivity index (χ4v) is 2.50. The third-order valence-corrected chi connectivity index (χ3v) is 3.64. The third kappa shape index (κ3) is 5.17. The van der Waals surface area contributed by atoms with E-state index in [1.165, 1.54) is 11.8 Å². The summed E-state index contributed by atoms with van der Waals surface area (Å²) in [5.74, 6) is 1.42. The Morgan fingerprint density at radius 1 is 1.40 bits per heavy atom. The number of hydrogen-bond acceptors (Lipinski definition) is 5. The van der Waals surface area contributed by atoms with E-state index in [2.05, 4.69) is 35.2 Å². The molecule has 1 heterocycles. The van der Waals surface area contributed by atoms with Gasteiger partial charge >= 0.3 is 0 Å². The molecule has 108 valence electrons. The van der Waals surface area contributed by atoms with Crippen molar-refractivity contribution < 1.29 is 4.79 Å². The number of nitriles is 1. The van der Waals surface area contributed by atoms with Crippen molar-refractivity contribution in [2.75, 3.05) is 12.3 Å². The monoisotopic (exact) mass is 292 g/mol. The van der Waals surface area contributed by atoms with Gasteiger partial charge in [0.05, 0.1) is 11.4 Å². The Morgan fingerprint density at radius 2 is 2.10 bits per heavy atom. The van der Waals surface area contributed by atoms with Gasteiger partial charge in [-0.05, 0) is 26.2 Å². The van der Waals surface area contributed by atoms with Gasteiger partial charge in [0.1, 0.15) is 22.5 Å². The van der Waals surface area contributed by atoms with E-state index in [1.54, 1.807) is 13.8 Å². The summed E-state index contributed by atoms with van der Waals surface area (Å²) in [5, 5.41) is 12.6. The van der Waals surface area contributed by atoms with Gasteiger partial charge in [0, 0.05) is 6.54 Å². The summed E-state index contributed by atoms with van der Waals surface area (Å²) < 4.78 is 0. The first-order chi connectivity index (χ1) is 9.43. The summed E-state index contributed by atoms with van der Waals surface area (Å²) in [7, 11) is 0. The minimum atomic E-state index is -0.0338. The van der Waals surface area contributed by atoms with E-state index in [0.717, 1.165) is 6.42 Å². The molecule has 5 nitrogen and oxygen atoms in total. The van der Waals surface area contributed by atoms with E-state index in [-0.39, 0.29) is 11.7 Å². The van der Waals surface area contributed by atoms with Crippen molar-refractivity contribution in [1.82, 2.24) is 15.3 Å². The van der Waals surface area contributed by atoms with E-state index < -0.39 is 0 Å². The maximum Gasteiger partial charge on any atom is 0.230 e. The minimum Gasteiger partial charge on any atom is -0.355 e. The molecule has 0 aliphatic heterocycles. The number of amides is 1. The zero-order valence-corrected chi connectivity index (χ0v) is 13.2. The fraction of sp³-hybridized carbons (Fsp3) is 0.571. The van der Waals surface area contributed by atoms with Gasteiger partial charge in [-0.15, -0.1) is 0 Å². The van der Waals surface area contributed by atoms with Crippen molar-refractivity contribution in [3.05, 3.63) is 17.1 Å². The number of hydrogen-bond donors (Lipinski definition) is 1. The molecule has 1 amide bonds. The Labute approximate surface area is 124 Å². The van der Waals surface area contributed by atoms with Crippen molar-refractivity contribution in [3.8, 4) is 6.07 Å². The van der Waals surface area contributed by atoms with Gasteiger partial charge in [-0.2, -0.15) is 5.26 Å². The van der Waals surface area contributed by atoms with Crippen LogP contribution in [-0.2, 0) is 4.79 Å². The van der Waals surface area contributed by atoms with Crippen LogP contribution < -0.4 is 5.32 Å². The molecule has 0 aliphatic rings. The van der Waals surface area contributed by atoms with Gasteiger partial charge in [-0.25, -0.2) is 9.97 Å². The van der Waals surface area contributed by atoms with E-state index >= 15 is 0 Å². The molecule has 0 fully saturated rings. The summed E-state index contributed by atoms with van der Waals surface area (Å²) in [4.78, 5) is 20.1. The van der Waals surface area contributed by atoms with Crippen LogP contribution in [0.2, 0.25) is 0 Å². The second-order valence-electron chi connectivity index (χ2n) is 4.97. The quantitative estimate of drug-likeness (QED) is 0.642. The molecule has 0 saturated heterocycles. The molecule has 0 saturated carbocycles. The van der Waals surface area contributed by atoms with Crippen molar-refractivity contribution in [3.63, 3.8) is 0 Å². The first kappa shape index (κ1) is 16.4. The van der Waals surface area contributed by atoms with Crippen LogP contribution in [0.1, 0.15) is 37.4 Å². The van der Waals surface area contributed by atoms with E-state index in [1.807, 2.05) is 0 Å². The predicted molar refractivity (Wildman–Crippen MR) is 79.4 cm³/mol. The van der Waals surface area contributed by atoms with Gasteiger partial charge in [-0.3, -0.25) is 4.79 Å². The van der Waals surface area contributed by atoms with Gasteiger partial charge in [0.25, 0.3) is 0 Å². The van der Waals surface area contributed by atoms with Crippen molar-refractivity contribution in [1.29, 1.82) is 5.26 Å². The lowest BCUT2D eigenvalue weighted by Gasteiger charge is -2.08. The van der Waals surface area contributed by atoms with Crippen molar-refractivity contribution in [2.45, 2.75) is 39.1 Å². The highest BCUT2D eigenvalue weighted by Gasteiger charge is 2.12. The van der Waals surface area contributed by atoms with E-state index in [4.69, 9.17) is 5.26 Å². The Bertz CT molecular complexity index is 523. The van der Waals surface area contributed by atoms with E-state index in [9.17, 15) is 4.79 Å². The zero-order valence-electron chi connectivity index (χ0n) is 12.4.